The Labute approximate surface area is 231 Å². The van der Waals surface area contributed by atoms with Crippen LogP contribution in [0.5, 0.6) is 0 Å². The summed E-state index contributed by atoms with van der Waals surface area (Å²) >= 11 is 0. The van der Waals surface area contributed by atoms with Crippen molar-refractivity contribution in [2.75, 3.05) is 0 Å². The maximum atomic E-state index is 12.3. The summed E-state index contributed by atoms with van der Waals surface area (Å²) in [5, 5.41) is 2.56. The molecule has 3 atom stereocenters. The smallest absolute Gasteiger partial charge is 0.261 e. The second kappa shape index (κ2) is 13.3. The Morgan fingerprint density at radius 1 is 1.03 bits per heavy atom. The lowest BCUT2D eigenvalue weighted by molar-refractivity contribution is -0.300. The van der Waals surface area contributed by atoms with Gasteiger partial charge in [-0.25, -0.2) is 0 Å². The molecule has 208 valence electrons. The van der Waals surface area contributed by atoms with E-state index in [2.05, 4.69) is 94.9 Å². The molecular formula is C33H48O4Si. The lowest BCUT2D eigenvalue weighted by atomic mass is 9.97. The molecule has 0 aromatic heterocycles. The predicted octanol–water partition coefficient (Wildman–Crippen LogP) is 6.96. The van der Waals surface area contributed by atoms with Gasteiger partial charge in [0.05, 0.1) is 12.2 Å². The van der Waals surface area contributed by atoms with Gasteiger partial charge >= 0.3 is 0 Å². The van der Waals surface area contributed by atoms with Gasteiger partial charge in [0.1, 0.15) is 5.78 Å². The first kappa shape index (κ1) is 30.5. The van der Waals surface area contributed by atoms with Gasteiger partial charge in [0.25, 0.3) is 8.32 Å². The number of benzene rings is 2. The zero-order valence-corrected chi connectivity index (χ0v) is 25.4. The third-order valence-electron chi connectivity index (χ3n) is 7.44. The minimum absolute atomic E-state index is 0.0300. The van der Waals surface area contributed by atoms with Gasteiger partial charge in [-0.2, -0.15) is 0 Å². The zero-order valence-electron chi connectivity index (χ0n) is 24.4. The molecule has 0 N–H and O–H groups in total. The third kappa shape index (κ3) is 7.75. The van der Waals surface area contributed by atoms with Gasteiger partial charge < -0.3 is 13.9 Å². The highest BCUT2D eigenvalue weighted by Gasteiger charge is 2.51. The first-order valence-corrected chi connectivity index (χ1v) is 16.2. The third-order valence-corrected chi connectivity index (χ3v) is 12.5. The van der Waals surface area contributed by atoms with Crippen LogP contribution in [0.25, 0.3) is 0 Å². The van der Waals surface area contributed by atoms with Crippen molar-refractivity contribution in [3.8, 4) is 0 Å². The molecule has 1 aliphatic rings. The quantitative estimate of drug-likeness (QED) is 0.205. The molecule has 0 amide bonds. The van der Waals surface area contributed by atoms with E-state index in [1.165, 1.54) is 10.4 Å². The summed E-state index contributed by atoms with van der Waals surface area (Å²) in [6, 6.07) is 21.7. The van der Waals surface area contributed by atoms with Gasteiger partial charge in [-0.3, -0.25) is 4.79 Å². The van der Waals surface area contributed by atoms with Crippen LogP contribution in [-0.4, -0.2) is 38.2 Å². The predicted molar refractivity (Wildman–Crippen MR) is 160 cm³/mol. The van der Waals surface area contributed by atoms with E-state index in [9.17, 15) is 4.79 Å². The Bertz CT molecular complexity index is 973. The molecule has 1 saturated heterocycles. The summed E-state index contributed by atoms with van der Waals surface area (Å²) < 4.78 is 19.9. The number of hydrogen-bond donors (Lipinski definition) is 0. The summed E-state index contributed by atoms with van der Waals surface area (Å²) in [4.78, 5) is 12.3. The van der Waals surface area contributed by atoms with E-state index in [4.69, 9.17) is 13.9 Å². The fourth-order valence-electron chi connectivity index (χ4n) is 5.92. The molecule has 1 fully saturated rings. The fourth-order valence-corrected chi connectivity index (χ4v) is 10.7. The van der Waals surface area contributed by atoms with Gasteiger partial charge in [-0.1, -0.05) is 101 Å². The number of allylic oxidation sites excluding steroid dienone is 1. The van der Waals surface area contributed by atoms with Gasteiger partial charge in [-0.15, -0.1) is 6.58 Å². The van der Waals surface area contributed by atoms with Crippen LogP contribution in [0.3, 0.4) is 0 Å². The standard InChI is InChI=1S/C33H48O4Si/c1-8-16-26(34)24-29-25-28(35-33(6,7)36-29)23-22-27(17-9-2)37-38(32(3,4)5,30-18-12-10-13-19-30)31-20-14-11-15-21-31/h8,10-15,18-21,27-29H,1,9,16-17,22-25H2,2-7H3/t27-,28-,29+/m0/s1. The first-order valence-electron chi connectivity index (χ1n) is 14.3. The average molecular weight is 537 g/mol. The molecule has 38 heavy (non-hydrogen) atoms. The molecule has 0 saturated carbocycles. The largest absolute Gasteiger partial charge is 0.404 e. The number of carbonyl (C=O) groups excluding carboxylic acids is 1. The van der Waals surface area contributed by atoms with Crippen molar-refractivity contribution in [3.05, 3.63) is 73.3 Å². The Morgan fingerprint density at radius 3 is 2.08 bits per heavy atom. The molecule has 0 aliphatic carbocycles. The molecule has 0 spiro atoms. The number of ketones is 1. The van der Waals surface area contributed by atoms with Crippen LogP contribution in [-0.2, 0) is 18.7 Å². The highest BCUT2D eigenvalue weighted by molar-refractivity contribution is 6.99. The topological polar surface area (TPSA) is 44.8 Å². The molecule has 3 rings (SSSR count). The van der Waals surface area contributed by atoms with Gasteiger partial charge in [0.15, 0.2) is 5.79 Å². The Balaban J connectivity index is 1.86. The number of ether oxygens (including phenoxy) is 2. The van der Waals surface area contributed by atoms with Crippen molar-refractivity contribution in [2.24, 2.45) is 0 Å². The van der Waals surface area contributed by atoms with Crippen LogP contribution < -0.4 is 10.4 Å². The number of carbonyl (C=O) groups is 1. The Hall–Kier alpha value is -2.05. The average Bonchev–Trinajstić information content (AvgIpc) is 2.85. The summed E-state index contributed by atoms with van der Waals surface area (Å²) in [5.74, 6) is -0.540. The second-order valence-electron chi connectivity index (χ2n) is 12.1. The minimum Gasteiger partial charge on any atom is -0.404 e. The van der Waals surface area contributed by atoms with E-state index in [0.29, 0.717) is 12.8 Å². The van der Waals surface area contributed by atoms with E-state index >= 15 is 0 Å². The number of rotatable bonds is 13. The van der Waals surface area contributed by atoms with Crippen molar-refractivity contribution >= 4 is 24.5 Å². The first-order chi connectivity index (χ1) is 18.0. The summed E-state index contributed by atoms with van der Waals surface area (Å²) in [6.45, 7) is 16.8. The second-order valence-corrected chi connectivity index (χ2v) is 16.4. The molecule has 1 heterocycles. The van der Waals surface area contributed by atoms with Crippen LogP contribution in [0.2, 0.25) is 5.04 Å². The van der Waals surface area contributed by atoms with Gasteiger partial charge in [0, 0.05) is 25.4 Å². The van der Waals surface area contributed by atoms with Crippen LogP contribution in [0, 0.1) is 0 Å². The Kier molecular flexibility index (Phi) is 10.7. The monoisotopic (exact) mass is 536 g/mol. The molecule has 4 nitrogen and oxygen atoms in total. The van der Waals surface area contributed by atoms with E-state index in [-0.39, 0.29) is 29.1 Å². The van der Waals surface area contributed by atoms with Gasteiger partial charge in [-0.05, 0) is 48.5 Å². The van der Waals surface area contributed by atoms with E-state index in [1.54, 1.807) is 6.08 Å². The van der Waals surface area contributed by atoms with Crippen molar-refractivity contribution < 1.29 is 18.7 Å². The highest BCUT2D eigenvalue weighted by Crippen LogP contribution is 2.39. The normalized spacial score (nSPS) is 20.6. The Morgan fingerprint density at radius 2 is 1.58 bits per heavy atom. The fraction of sp³-hybridized carbons (Fsp3) is 0.545. The van der Waals surface area contributed by atoms with Crippen molar-refractivity contribution in [2.45, 2.75) is 116 Å². The summed E-state index contributed by atoms with van der Waals surface area (Å²) in [6.07, 6.45) is 7.05. The van der Waals surface area contributed by atoms with Crippen LogP contribution in [0.1, 0.15) is 86.5 Å². The molecule has 2 aromatic carbocycles. The maximum Gasteiger partial charge on any atom is 0.261 e. The minimum atomic E-state index is -2.63. The molecular weight excluding hydrogens is 488 g/mol. The van der Waals surface area contributed by atoms with E-state index in [0.717, 1.165) is 32.1 Å². The number of Topliss-reactive ketones (excluding diaryl/α,β-unsaturated/α-hetero) is 1. The van der Waals surface area contributed by atoms with Crippen molar-refractivity contribution in [1.29, 1.82) is 0 Å². The van der Waals surface area contributed by atoms with Gasteiger partial charge in [0.2, 0.25) is 0 Å². The summed E-state index contributed by atoms with van der Waals surface area (Å²) in [5.41, 5.74) is 0. The summed E-state index contributed by atoms with van der Waals surface area (Å²) in [7, 11) is -2.63. The molecule has 0 unspecified atom stereocenters. The highest BCUT2D eigenvalue weighted by atomic mass is 28.4. The van der Waals surface area contributed by atoms with E-state index < -0.39 is 14.1 Å². The zero-order chi connectivity index (χ0) is 27.8. The molecule has 2 aromatic rings. The SMILES string of the molecule is C=CCC(=O)C[C@@H]1C[C@H](CC[C@H](CCC)O[Si](c2ccccc2)(c2ccccc2)C(C)(C)C)OC(C)(C)O1. The maximum absolute atomic E-state index is 12.3. The van der Waals surface area contributed by atoms with Crippen LogP contribution in [0.4, 0.5) is 0 Å². The van der Waals surface area contributed by atoms with E-state index in [1.807, 2.05) is 13.8 Å². The molecule has 0 radical (unpaired) electrons. The molecule has 1 aliphatic heterocycles. The lowest BCUT2D eigenvalue weighted by Crippen LogP contribution is -2.67. The van der Waals surface area contributed by atoms with Crippen molar-refractivity contribution in [1.82, 2.24) is 0 Å². The van der Waals surface area contributed by atoms with Crippen LogP contribution in [0.15, 0.2) is 73.3 Å². The lowest BCUT2D eigenvalue weighted by Gasteiger charge is -2.46. The number of hydrogen-bond acceptors (Lipinski definition) is 4. The molecule has 0 bridgehead atoms. The van der Waals surface area contributed by atoms with Crippen LogP contribution >= 0.6 is 0 Å². The van der Waals surface area contributed by atoms with Crippen molar-refractivity contribution in [3.63, 3.8) is 0 Å². The molecule has 5 heteroatoms.